The van der Waals surface area contributed by atoms with E-state index in [0.29, 0.717) is 17.9 Å². The maximum absolute atomic E-state index is 13.0. The van der Waals surface area contributed by atoms with Crippen molar-refractivity contribution in [3.63, 3.8) is 0 Å². The van der Waals surface area contributed by atoms with Gasteiger partial charge in [-0.05, 0) is 31.4 Å². The summed E-state index contributed by atoms with van der Waals surface area (Å²) in [7, 11) is 1.68. The highest BCUT2D eigenvalue weighted by Gasteiger charge is 2.31. The first-order chi connectivity index (χ1) is 11.9. The summed E-state index contributed by atoms with van der Waals surface area (Å²) in [6.07, 6.45) is 5.59. The van der Waals surface area contributed by atoms with Gasteiger partial charge < -0.3 is 15.0 Å². The molecule has 0 aliphatic carbocycles. The van der Waals surface area contributed by atoms with Gasteiger partial charge in [-0.2, -0.15) is 0 Å². The smallest absolute Gasteiger partial charge is 0.258 e. The lowest BCUT2D eigenvalue weighted by Crippen LogP contribution is -2.50. The fourth-order valence-corrected chi connectivity index (χ4v) is 3.04. The summed E-state index contributed by atoms with van der Waals surface area (Å²) >= 11 is 0. The summed E-state index contributed by atoms with van der Waals surface area (Å²) < 4.78 is 5.98. The van der Waals surface area contributed by atoms with E-state index in [-0.39, 0.29) is 23.8 Å². The molecule has 1 heterocycles. The van der Waals surface area contributed by atoms with Crippen LogP contribution >= 0.6 is 0 Å². The fraction of sp³-hybridized carbons (Fsp3) is 0.500. The molecular weight excluding hydrogens is 316 g/mol. The quantitative estimate of drug-likeness (QED) is 0.797. The van der Waals surface area contributed by atoms with E-state index >= 15 is 0 Å². The normalized spacial score (nSPS) is 24.1. The molecule has 0 saturated heterocycles. The van der Waals surface area contributed by atoms with Crippen molar-refractivity contribution >= 4 is 11.8 Å². The van der Waals surface area contributed by atoms with Crippen LogP contribution in [0.3, 0.4) is 0 Å². The van der Waals surface area contributed by atoms with Crippen LogP contribution in [0, 0.1) is 5.92 Å². The number of hydrogen-bond acceptors (Lipinski definition) is 3. The Hall–Kier alpha value is -2.30. The average molecular weight is 344 g/mol. The third-order valence-electron chi connectivity index (χ3n) is 4.33. The van der Waals surface area contributed by atoms with Gasteiger partial charge >= 0.3 is 0 Å². The highest BCUT2D eigenvalue weighted by molar-refractivity contribution is 5.99. The molecular formula is C20H28N2O3. The number of carbonyl (C=O) groups excluding carboxylic acids is 2. The highest BCUT2D eigenvalue weighted by atomic mass is 16.5. The number of nitrogens with zero attached hydrogens (tertiary/aromatic N) is 1. The molecule has 1 aromatic rings. The lowest BCUT2D eigenvalue weighted by molar-refractivity contribution is -0.126. The first-order valence-electron chi connectivity index (χ1n) is 8.87. The predicted molar refractivity (Wildman–Crippen MR) is 98.6 cm³/mol. The molecule has 5 heteroatoms. The molecule has 0 spiro atoms. The lowest BCUT2D eigenvalue weighted by atomic mass is 10.0. The van der Waals surface area contributed by atoms with Crippen molar-refractivity contribution in [3.05, 3.63) is 42.0 Å². The van der Waals surface area contributed by atoms with Crippen LogP contribution in [0.25, 0.3) is 0 Å². The number of amides is 2. The van der Waals surface area contributed by atoms with Gasteiger partial charge in [-0.1, -0.05) is 38.1 Å². The van der Waals surface area contributed by atoms with E-state index in [1.165, 1.54) is 4.90 Å². The third-order valence-corrected chi connectivity index (χ3v) is 4.33. The first-order valence-corrected chi connectivity index (χ1v) is 8.87. The number of nitrogens with one attached hydrogen (secondary N) is 1. The topological polar surface area (TPSA) is 58.6 Å². The molecule has 25 heavy (non-hydrogen) atoms. The maximum atomic E-state index is 13.0. The molecule has 0 fully saturated rings. The molecule has 0 aromatic heterocycles. The molecule has 0 bridgehead atoms. The minimum atomic E-state index is -0.523. The predicted octanol–water partition coefficient (Wildman–Crippen LogP) is 3.02. The van der Waals surface area contributed by atoms with Crippen LogP contribution < -0.4 is 10.1 Å². The molecule has 2 atom stereocenters. The summed E-state index contributed by atoms with van der Waals surface area (Å²) in [6, 6.07) is 6.69. The van der Waals surface area contributed by atoms with Crippen LogP contribution in [0.4, 0.5) is 0 Å². The van der Waals surface area contributed by atoms with E-state index in [9.17, 15) is 9.59 Å². The molecule has 0 saturated carbocycles. The molecule has 1 N–H and O–H groups in total. The van der Waals surface area contributed by atoms with Gasteiger partial charge in [-0.25, -0.2) is 0 Å². The Morgan fingerprint density at radius 2 is 1.92 bits per heavy atom. The van der Waals surface area contributed by atoms with E-state index in [2.05, 4.69) is 17.5 Å². The van der Waals surface area contributed by atoms with Crippen LogP contribution in [0.15, 0.2) is 36.4 Å². The Labute approximate surface area is 150 Å². The van der Waals surface area contributed by atoms with Gasteiger partial charge in [0.25, 0.3) is 5.91 Å². The summed E-state index contributed by atoms with van der Waals surface area (Å²) in [5.41, 5.74) is 0.483. The van der Waals surface area contributed by atoms with Crippen molar-refractivity contribution in [1.29, 1.82) is 0 Å². The van der Waals surface area contributed by atoms with E-state index in [0.717, 1.165) is 12.8 Å². The van der Waals surface area contributed by atoms with Gasteiger partial charge in [0, 0.05) is 20.0 Å². The van der Waals surface area contributed by atoms with E-state index in [1.54, 1.807) is 19.2 Å². The lowest BCUT2D eigenvalue weighted by Gasteiger charge is -2.31. The second-order valence-electron chi connectivity index (χ2n) is 6.82. The molecule has 0 radical (unpaired) electrons. The monoisotopic (exact) mass is 344 g/mol. The molecule has 1 aliphatic heterocycles. The van der Waals surface area contributed by atoms with Crippen LogP contribution in [0.5, 0.6) is 5.75 Å². The van der Waals surface area contributed by atoms with Gasteiger partial charge in [-0.15, -0.1) is 0 Å². The summed E-state index contributed by atoms with van der Waals surface area (Å²) in [5.74, 6) is 0.233. The summed E-state index contributed by atoms with van der Waals surface area (Å²) in [5, 5.41) is 2.94. The second-order valence-corrected chi connectivity index (χ2v) is 6.82. The molecule has 136 valence electrons. The van der Waals surface area contributed by atoms with Gasteiger partial charge in [0.2, 0.25) is 5.91 Å². The number of likely N-dealkylation sites (N-methyl/N-ethyl adjacent to an activating group) is 1. The number of carbonyl (C=O) groups is 2. The molecule has 5 nitrogen and oxygen atoms in total. The Morgan fingerprint density at radius 1 is 1.20 bits per heavy atom. The van der Waals surface area contributed by atoms with Crippen LogP contribution in [-0.2, 0) is 4.79 Å². The largest absolute Gasteiger partial charge is 0.490 e. The Kier molecular flexibility index (Phi) is 6.62. The number of rotatable bonds is 1. The molecule has 2 amide bonds. The summed E-state index contributed by atoms with van der Waals surface area (Å²) in [6.45, 7) is 6.44. The molecule has 0 unspecified atom stereocenters. The van der Waals surface area contributed by atoms with Crippen molar-refractivity contribution in [2.75, 3.05) is 13.6 Å². The van der Waals surface area contributed by atoms with Gasteiger partial charge in [0.05, 0.1) is 11.7 Å². The number of ether oxygens (including phenoxy) is 1. The third kappa shape index (κ3) is 4.84. The Bertz CT molecular complexity index is 640. The fourth-order valence-electron chi connectivity index (χ4n) is 3.04. The zero-order valence-corrected chi connectivity index (χ0v) is 15.5. The number of para-hydroxylation sites is 1. The first kappa shape index (κ1) is 19.0. The summed E-state index contributed by atoms with van der Waals surface area (Å²) in [4.78, 5) is 27.1. The Morgan fingerprint density at radius 3 is 2.64 bits per heavy atom. The minimum Gasteiger partial charge on any atom is -0.490 e. The second kappa shape index (κ2) is 8.70. The minimum absolute atomic E-state index is 0.00408. The zero-order valence-electron chi connectivity index (χ0n) is 15.5. The van der Waals surface area contributed by atoms with Crippen molar-refractivity contribution < 1.29 is 14.3 Å². The SMILES string of the molecule is CC(C)[C@@H]1C(=O)NCC/C=C\C[C@@H](C)Oc2ccccc2C(=O)N1C. The van der Waals surface area contributed by atoms with Crippen LogP contribution in [0.2, 0.25) is 0 Å². The van der Waals surface area contributed by atoms with E-state index in [1.807, 2.05) is 32.9 Å². The van der Waals surface area contributed by atoms with Crippen molar-refractivity contribution in [2.24, 2.45) is 5.92 Å². The Balaban J connectivity index is 2.39. The molecule has 2 rings (SSSR count). The number of benzene rings is 1. The number of hydrogen-bond donors (Lipinski definition) is 1. The molecule has 1 aromatic carbocycles. The van der Waals surface area contributed by atoms with Crippen LogP contribution in [-0.4, -0.2) is 42.5 Å². The van der Waals surface area contributed by atoms with E-state index in [4.69, 9.17) is 4.74 Å². The highest BCUT2D eigenvalue weighted by Crippen LogP contribution is 2.24. The van der Waals surface area contributed by atoms with Gasteiger partial charge in [-0.3, -0.25) is 9.59 Å². The van der Waals surface area contributed by atoms with Crippen molar-refractivity contribution in [1.82, 2.24) is 10.2 Å². The molecule has 1 aliphatic rings. The zero-order chi connectivity index (χ0) is 18.4. The maximum Gasteiger partial charge on any atom is 0.258 e. The van der Waals surface area contributed by atoms with Crippen LogP contribution in [0.1, 0.15) is 44.0 Å². The standard InChI is InChI=1S/C20H28N2O3/c1-14(2)18-19(23)21-13-9-5-6-10-15(3)25-17-12-8-7-11-16(17)20(24)22(18)4/h5-8,11-12,14-15,18H,9-10,13H2,1-4H3,(H,21,23)/b6-5-/t15-,18-/m1/s1. The van der Waals surface area contributed by atoms with Crippen molar-refractivity contribution in [2.45, 2.75) is 45.8 Å². The van der Waals surface area contributed by atoms with Gasteiger partial charge in [0.1, 0.15) is 11.8 Å². The van der Waals surface area contributed by atoms with Gasteiger partial charge in [0.15, 0.2) is 0 Å². The van der Waals surface area contributed by atoms with E-state index < -0.39 is 6.04 Å². The van der Waals surface area contributed by atoms with Crippen molar-refractivity contribution in [3.8, 4) is 5.75 Å². The average Bonchev–Trinajstić information content (AvgIpc) is 2.56. The number of fused-ring (bicyclic) bond motifs is 1.